The number of hydrogen-bond acceptors (Lipinski definition) is 4. The lowest BCUT2D eigenvalue weighted by molar-refractivity contribution is 0.0644. The minimum absolute atomic E-state index is 0.0784. The summed E-state index contributed by atoms with van der Waals surface area (Å²) in [4.78, 5) is 16.2. The highest BCUT2D eigenvalue weighted by atomic mass is 16.3. The molecule has 6 nitrogen and oxygen atoms in total. The Balaban J connectivity index is 1.64. The summed E-state index contributed by atoms with van der Waals surface area (Å²) in [7, 11) is 0. The van der Waals surface area contributed by atoms with Gasteiger partial charge in [0.2, 0.25) is 0 Å². The first kappa shape index (κ1) is 16.7. The second kappa shape index (κ2) is 6.88. The Bertz CT molecular complexity index is 937. The summed E-state index contributed by atoms with van der Waals surface area (Å²) in [5.74, 6) is 0.219. The summed E-state index contributed by atoms with van der Waals surface area (Å²) in [6, 6.07) is 14.0. The van der Waals surface area contributed by atoms with E-state index in [1.165, 1.54) is 0 Å². The van der Waals surface area contributed by atoms with E-state index < -0.39 is 0 Å². The van der Waals surface area contributed by atoms with E-state index in [0.717, 1.165) is 29.3 Å². The van der Waals surface area contributed by atoms with Gasteiger partial charge in [-0.3, -0.25) is 4.79 Å². The average molecular weight is 350 g/mol. The highest BCUT2D eigenvalue weighted by molar-refractivity contribution is 5.94. The number of aliphatic hydroxyl groups is 1. The number of carbonyl (C=O) groups is 1. The highest BCUT2D eigenvalue weighted by Gasteiger charge is 2.27. The third-order valence-corrected chi connectivity index (χ3v) is 5.13. The monoisotopic (exact) mass is 350 g/mol. The van der Waals surface area contributed by atoms with Gasteiger partial charge in [-0.2, -0.15) is 5.10 Å². The molecule has 1 fully saturated rings. The predicted molar refractivity (Wildman–Crippen MR) is 99.3 cm³/mol. The molecule has 0 atom stereocenters. The van der Waals surface area contributed by atoms with Gasteiger partial charge in [-0.05, 0) is 37.1 Å². The SMILES string of the molecule is Cc1nn(-c2cccc3ccccc23)nc1C(=O)N1CCC(CO)CC1. The first-order valence-electron chi connectivity index (χ1n) is 8.99. The summed E-state index contributed by atoms with van der Waals surface area (Å²) in [5.41, 5.74) is 1.90. The van der Waals surface area contributed by atoms with Crippen LogP contribution in [-0.2, 0) is 0 Å². The van der Waals surface area contributed by atoms with Crippen molar-refractivity contribution in [3.8, 4) is 5.69 Å². The predicted octanol–water partition coefficient (Wildman–Crippen LogP) is 2.57. The maximum atomic E-state index is 12.9. The molecule has 26 heavy (non-hydrogen) atoms. The van der Waals surface area contributed by atoms with E-state index in [0.29, 0.717) is 30.4 Å². The standard InChI is InChI=1S/C20H22N4O2/c1-14-19(20(26)23-11-9-15(13-25)10-12-23)22-24(21-14)18-8-4-6-16-5-2-3-7-17(16)18/h2-8,15,25H,9-13H2,1H3. The van der Waals surface area contributed by atoms with Crippen LogP contribution in [0.4, 0.5) is 0 Å². The highest BCUT2D eigenvalue weighted by Crippen LogP contribution is 2.23. The summed E-state index contributed by atoms with van der Waals surface area (Å²) in [6.07, 6.45) is 1.66. The second-order valence-corrected chi connectivity index (χ2v) is 6.84. The van der Waals surface area contributed by atoms with Crippen LogP contribution in [-0.4, -0.2) is 50.6 Å². The lowest BCUT2D eigenvalue weighted by Crippen LogP contribution is -2.39. The van der Waals surface area contributed by atoms with Gasteiger partial charge >= 0.3 is 0 Å². The number of likely N-dealkylation sites (tertiary alicyclic amines) is 1. The lowest BCUT2D eigenvalue weighted by atomic mass is 9.98. The van der Waals surface area contributed by atoms with Crippen molar-refractivity contribution in [2.45, 2.75) is 19.8 Å². The maximum Gasteiger partial charge on any atom is 0.276 e. The Morgan fingerprint density at radius 3 is 2.62 bits per heavy atom. The van der Waals surface area contributed by atoms with Crippen LogP contribution >= 0.6 is 0 Å². The number of carbonyl (C=O) groups excluding carboxylic acids is 1. The van der Waals surface area contributed by atoms with Gasteiger partial charge in [0, 0.05) is 25.1 Å². The summed E-state index contributed by atoms with van der Waals surface area (Å²) < 4.78 is 0. The molecular weight excluding hydrogens is 328 g/mol. The number of hydrogen-bond donors (Lipinski definition) is 1. The van der Waals surface area contributed by atoms with Crippen LogP contribution in [0, 0.1) is 12.8 Å². The van der Waals surface area contributed by atoms with E-state index in [1.54, 1.807) is 4.80 Å². The van der Waals surface area contributed by atoms with Gasteiger partial charge in [0.1, 0.15) is 0 Å². The number of aromatic nitrogens is 3. The normalized spacial score (nSPS) is 15.5. The molecule has 1 saturated heterocycles. The molecule has 0 bridgehead atoms. The summed E-state index contributed by atoms with van der Waals surface area (Å²) in [5, 5.41) is 20.4. The smallest absolute Gasteiger partial charge is 0.276 e. The van der Waals surface area contributed by atoms with Gasteiger partial charge < -0.3 is 10.0 Å². The molecule has 1 aliphatic rings. The largest absolute Gasteiger partial charge is 0.396 e. The number of benzene rings is 2. The fraction of sp³-hybridized carbons (Fsp3) is 0.350. The third-order valence-electron chi connectivity index (χ3n) is 5.13. The molecule has 2 heterocycles. The Hall–Kier alpha value is -2.73. The van der Waals surface area contributed by atoms with E-state index in [9.17, 15) is 9.90 Å². The van der Waals surface area contributed by atoms with Gasteiger partial charge in [-0.15, -0.1) is 9.90 Å². The van der Waals surface area contributed by atoms with Crippen molar-refractivity contribution >= 4 is 16.7 Å². The molecule has 0 radical (unpaired) electrons. The average Bonchev–Trinajstić information content (AvgIpc) is 3.08. The molecule has 0 unspecified atom stereocenters. The number of piperidine rings is 1. The van der Waals surface area contributed by atoms with Crippen molar-refractivity contribution in [1.29, 1.82) is 0 Å². The van der Waals surface area contributed by atoms with Crippen LogP contribution in [0.25, 0.3) is 16.5 Å². The molecule has 0 saturated carbocycles. The van der Waals surface area contributed by atoms with E-state index in [-0.39, 0.29) is 12.5 Å². The van der Waals surface area contributed by atoms with E-state index in [2.05, 4.69) is 10.2 Å². The van der Waals surface area contributed by atoms with E-state index in [1.807, 2.05) is 54.3 Å². The third kappa shape index (κ3) is 2.97. The number of amides is 1. The molecule has 0 spiro atoms. The number of aliphatic hydroxyl groups excluding tert-OH is 1. The molecule has 1 N–H and O–H groups in total. The van der Waals surface area contributed by atoms with Crippen molar-refractivity contribution in [3.05, 3.63) is 53.9 Å². The van der Waals surface area contributed by atoms with Gasteiger partial charge in [0.05, 0.1) is 11.4 Å². The van der Waals surface area contributed by atoms with Crippen LogP contribution in [0.5, 0.6) is 0 Å². The first-order valence-corrected chi connectivity index (χ1v) is 8.99. The molecule has 134 valence electrons. The molecule has 1 aliphatic heterocycles. The van der Waals surface area contributed by atoms with Crippen molar-refractivity contribution in [2.24, 2.45) is 5.92 Å². The number of nitrogens with zero attached hydrogens (tertiary/aromatic N) is 4. The van der Waals surface area contributed by atoms with Crippen LogP contribution in [0.3, 0.4) is 0 Å². The van der Waals surface area contributed by atoms with Crippen molar-refractivity contribution < 1.29 is 9.90 Å². The Morgan fingerprint density at radius 2 is 1.85 bits per heavy atom. The molecule has 0 aliphatic carbocycles. The zero-order valence-corrected chi connectivity index (χ0v) is 14.8. The fourth-order valence-corrected chi connectivity index (χ4v) is 3.54. The fourth-order valence-electron chi connectivity index (χ4n) is 3.54. The number of rotatable bonds is 3. The topological polar surface area (TPSA) is 71.2 Å². The molecule has 6 heteroatoms. The molecule has 2 aromatic carbocycles. The first-order chi connectivity index (χ1) is 12.7. The zero-order chi connectivity index (χ0) is 18.1. The van der Waals surface area contributed by atoms with Gasteiger partial charge in [0.15, 0.2) is 5.69 Å². The van der Waals surface area contributed by atoms with Gasteiger partial charge in [-0.1, -0.05) is 36.4 Å². The van der Waals surface area contributed by atoms with Crippen molar-refractivity contribution in [2.75, 3.05) is 19.7 Å². The van der Waals surface area contributed by atoms with Gasteiger partial charge in [-0.25, -0.2) is 0 Å². The number of fused-ring (bicyclic) bond motifs is 1. The quantitative estimate of drug-likeness (QED) is 0.788. The molecule has 1 amide bonds. The Kier molecular flexibility index (Phi) is 4.42. The van der Waals surface area contributed by atoms with Gasteiger partial charge in [0.25, 0.3) is 5.91 Å². The maximum absolute atomic E-state index is 12.9. The van der Waals surface area contributed by atoms with Crippen molar-refractivity contribution in [1.82, 2.24) is 19.9 Å². The minimum Gasteiger partial charge on any atom is -0.396 e. The van der Waals surface area contributed by atoms with Crippen LogP contribution in [0.2, 0.25) is 0 Å². The Morgan fingerprint density at radius 1 is 1.12 bits per heavy atom. The summed E-state index contributed by atoms with van der Waals surface area (Å²) in [6.45, 7) is 3.33. The molecule has 4 rings (SSSR count). The molecule has 3 aromatic rings. The minimum atomic E-state index is -0.0784. The van der Waals surface area contributed by atoms with Crippen LogP contribution in [0.15, 0.2) is 42.5 Å². The second-order valence-electron chi connectivity index (χ2n) is 6.84. The van der Waals surface area contributed by atoms with E-state index in [4.69, 9.17) is 0 Å². The number of aryl methyl sites for hydroxylation is 1. The molecular formula is C20H22N4O2. The van der Waals surface area contributed by atoms with Crippen LogP contribution in [0.1, 0.15) is 29.0 Å². The Labute approximate surface area is 152 Å². The molecule has 1 aromatic heterocycles. The van der Waals surface area contributed by atoms with Crippen LogP contribution < -0.4 is 0 Å². The van der Waals surface area contributed by atoms with Crippen molar-refractivity contribution in [3.63, 3.8) is 0 Å². The van der Waals surface area contributed by atoms with E-state index >= 15 is 0 Å². The zero-order valence-electron chi connectivity index (χ0n) is 14.8. The summed E-state index contributed by atoms with van der Waals surface area (Å²) >= 11 is 0. The lowest BCUT2D eigenvalue weighted by Gasteiger charge is -2.30.